The van der Waals surface area contributed by atoms with Gasteiger partial charge in [-0.2, -0.15) is 0 Å². The van der Waals surface area contributed by atoms with Gasteiger partial charge in [-0.25, -0.2) is 4.79 Å². The van der Waals surface area contributed by atoms with Crippen LogP contribution in [-0.2, 0) is 22.4 Å². The molecule has 2 aromatic rings. The summed E-state index contributed by atoms with van der Waals surface area (Å²) in [5, 5.41) is 3.33. The number of thiophene rings is 1. The number of amides is 1. The van der Waals surface area contributed by atoms with Crippen molar-refractivity contribution in [3.63, 3.8) is 0 Å². The van der Waals surface area contributed by atoms with E-state index in [2.05, 4.69) is 5.32 Å². The fourth-order valence-electron chi connectivity index (χ4n) is 2.94. The molecule has 3 rings (SSSR count). The summed E-state index contributed by atoms with van der Waals surface area (Å²) in [6.07, 6.45) is 4.04. The lowest BCUT2D eigenvalue weighted by atomic mass is 9.95. The van der Waals surface area contributed by atoms with E-state index < -0.39 is 0 Å². The summed E-state index contributed by atoms with van der Waals surface area (Å²) >= 11 is 3.02. The van der Waals surface area contributed by atoms with E-state index in [-0.39, 0.29) is 17.1 Å². The van der Waals surface area contributed by atoms with Gasteiger partial charge in [0.25, 0.3) is 0 Å². The largest absolute Gasteiger partial charge is 0.465 e. The molecular weight excluding hydrogens is 354 g/mol. The fourth-order valence-corrected chi connectivity index (χ4v) is 5.11. The quantitative estimate of drug-likeness (QED) is 0.616. The molecule has 25 heavy (non-hydrogen) atoms. The average molecular weight is 376 g/mol. The number of anilines is 1. The molecule has 0 aliphatic heterocycles. The van der Waals surface area contributed by atoms with Gasteiger partial charge in [0.2, 0.25) is 5.91 Å². The van der Waals surface area contributed by atoms with Crippen LogP contribution < -0.4 is 5.32 Å². The van der Waals surface area contributed by atoms with Crippen molar-refractivity contribution >= 4 is 40.0 Å². The number of esters is 1. The van der Waals surface area contributed by atoms with Gasteiger partial charge >= 0.3 is 5.97 Å². The second kappa shape index (κ2) is 8.06. The van der Waals surface area contributed by atoms with E-state index in [9.17, 15) is 9.59 Å². The molecule has 0 fully saturated rings. The number of benzene rings is 1. The number of carbonyl (C=O) groups is 2. The van der Waals surface area contributed by atoms with Gasteiger partial charge in [-0.05, 0) is 50.3 Å². The van der Waals surface area contributed by atoms with E-state index in [1.54, 1.807) is 0 Å². The Morgan fingerprint density at radius 3 is 2.64 bits per heavy atom. The molecule has 132 valence electrons. The Bertz CT molecular complexity index is 770. The first-order valence-electron chi connectivity index (χ1n) is 8.35. The molecule has 1 amide bonds. The van der Waals surface area contributed by atoms with Gasteiger partial charge in [-0.15, -0.1) is 23.1 Å². The minimum absolute atomic E-state index is 0.0994. The van der Waals surface area contributed by atoms with Crippen molar-refractivity contribution in [2.45, 2.75) is 42.8 Å². The summed E-state index contributed by atoms with van der Waals surface area (Å²) in [5.74, 6) is -0.462. The molecule has 6 heteroatoms. The number of carbonyl (C=O) groups excluding carboxylic acids is 2. The van der Waals surface area contributed by atoms with Gasteiger partial charge in [0.05, 0.1) is 17.9 Å². The summed E-state index contributed by atoms with van der Waals surface area (Å²) < 4.78 is 4.95. The highest BCUT2D eigenvalue weighted by Crippen LogP contribution is 2.39. The lowest BCUT2D eigenvalue weighted by Crippen LogP contribution is -2.23. The van der Waals surface area contributed by atoms with Crippen LogP contribution in [0.15, 0.2) is 35.2 Å². The molecule has 4 nitrogen and oxygen atoms in total. The van der Waals surface area contributed by atoms with Crippen molar-refractivity contribution < 1.29 is 14.3 Å². The maximum absolute atomic E-state index is 12.6. The number of hydrogen-bond donors (Lipinski definition) is 1. The van der Waals surface area contributed by atoms with Crippen LogP contribution in [0, 0.1) is 0 Å². The Morgan fingerprint density at radius 2 is 1.92 bits per heavy atom. The Balaban J connectivity index is 1.78. The Kier molecular flexibility index (Phi) is 5.81. The zero-order valence-electron chi connectivity index (χ0n) is 14.3. The first-order valence-corrected chi connectivity index (χ1v) is 10.0. The van der Waals surface area contributed by atoms with Crippen molar-refractivity contribution in [2.75, 3.05) is 12.4 Å². The lowest BCUT2D eigenvalue weighted by Gasteiger charge is -2.13. The lowest BCUT2D eigenvalue weighted by molar-refractivity contribution is -0.115. The van der Waals surface area contributed by atoms with Crippen LogP contribution >= 0.6 is 23.1 Å². The third-order valence-electron chi connectivity index (χ3n) is 4.22. The number of nitrogens with one attached hydrogen (secondary N) is 1. The van der Waals surface area contributed by atoms with Crippen LogP contribution in [0.25, 0.3) is 0 Å². The van der Waals surface area contributed by atoms with Gasteiger partial charge in [0.1, 0.15) is 5.00 Å². The fraction of sp³-hybridized carbons (Fsp3) is 0.368. The molecular formula is C19H21NO3S2. The maximum Gasteiger partial charge on any atom is 0.341 e. The molecule has 0 bridgehead atoms. The maximum atomic E-state index is 12.6. The Labute approximate surface area is 156 Å². The monoisotopic (exact) mass is 375 g/mol. The normalized spacial score (nSPS) is 14.5. The van der Waals surface area contributed by atoms with E-state index in [1.807, 2.05) is 37.3 Å². The third kappa shape index (κ3) is 4.07. The molecule has 1 atom stereocenters. The smallest absolute Gasteiger partial charge is 0.341 e. The molecule has 1 aromatic carbocycles. The molecule has 0 saturated heterocycles. The predicted molar refractivity (Wildman–Crippen MR) is 103 cm³/mol. The van der Waals surface area contributed by atoms with Gasteiger partial charge in [-0.1, -0.05) is 18.2 Å². The highest BCUT2D eigenvalue weighted by atomic mass is 32.2. The minimum Gasteiger partial charge on any atom is -0.465 e. The standard InChI is InChI=1S/C19H21NO3S2/c1-12(24-13-8-4-3-5-9-13)17(21)20-18-16(19(22)23-2)14-10-6-7-11-15(14)25-18/h3-5,8-9,12H,6-7,10-11H2,1-2H3,(H,20,21)/t12-/m1/s1. The van der Waals surface area contributed by atoms with Crippen molar-refractivity contribution in [1.29, 1.82) is 0 Å². The number of methoxy groups -OCH3 is 1. The summed E-state index contributed by atoms with van der Waals surface area (Å²) in [6.45, 7) is 1.87. The second-order valence-electron chi connectivity index (χ2n) is 5.97. The Morgan fingerprint density at radius 1 is 1.20 bits per heavy atom. The van der Waals surface area contributed by atoms with E-state index in [1.165, 1.54) is 35.1 Å². The molecule has 0 saturated carbocycles. The molecule has 0 radical (unpaired) electrons. The zero-order chi connectivity index (χ0) is 17.8. The van der Waals surface area contributed by atoms with Crippen LogP contribution in [0.2, 0.25) is 0 Å². The number of fused-ring (bicyclic) bond motifs is 1. The second-order valence-corrected chi connectivity index (χ2v) is 8.49. The van der Waals surface area contributed by atoms with E-state index >= 15 is 0 Å². The molecule has 1 aromatic heterocycles. The Hall–Kier alpha value is -1.79. The number of rotatable bonds is 5. The number of thioether (sulfide) groups is 1. The third-order valence-corrected chi connectivity index (χ3v) is 6.54. The van der Waals surface area contributed by atoms with Gasteiger partial charge < -0.3 is 10.1 Å². The zero-order valence-corrected chi connectivity index (χ0v) is 16.0. The van der Waals surface area contributed by atoms with Crippen molar-refractivity contribution in [3.05, 3.63) is 46.3 Å². The molecule has 1 aliphatic carbocycles. The SMILES string of the molecule is COC(=O)c1c(NC(=O)[C@@H](C)Sc2ccccc2)sc2c1CCCC2. The number of aryl methyl sites for hydroxylation is 1. The highest BCUT2D eigenvalue weighted by Gasteiger charge is 2.27. The molecule has 1 N–H and O–H groups in total. The van der Waals surface area contributed by atoms with Gasteiger partial charge in [0, 0.05) is 9.77 Å². The molecule has 0 spiro atoms. The minimum atomic E-state index is -0.363. The van der Waals surface area contributed by atoms with Crippen molar-refractivity contribution in [3.8, 4) is 0 Å². The van der Waals surface area contributed by atoms with Gasteiger partial charge in [-0.3, -0.25) is 4.79 Å². The number of hydrogen-bond acceptors (Lipinski definition) is 5. The van der Waals surface area contributed by atoms with Crippen LogP contribution in [0.5, 0.6) is 0 Å². The van der Waals surface area contributed by atoms with Crippen LogP contribution in [0.1, 0.15) is 40.6 Å². The van der Waals surface area contributed by atoms with E-state index in [4.69, 9.17) is 4.74 Å². The van der Waals surface area contributed by atoms with Crippen molar-refractivity contribution in [1.82, 2.24) is 0 Å². The van der Waals surface area contributed by atoms with Crippen molar-refractivity contribution in [2.24, 2.45) is 0 Å². The average Bonchev–Trinajstić information content (AvgIpc) is 2.99. The summed E-state index contributed by atoms with van der Waals surface area (Å²) in [5.41, 5.74) is 1.61. The van der Waals surface area contributed by atoms with E-state index in [0.29, 0.717) is 10.6 Å². The molecule has 0 unspecified atom stereocenters. The predicted octanol–water partition coefficient (Wildman–Crippen LogP) is 4.53. The topological polar surface area (TPSA) is 55.4 Å². The summed E-state index contributed by atoms with van der Waals surface area (Å²) in [4.78, 5) is 27.1. The summed E-state index contributed by atoms with van der Waals surface area (Å²) in [7, 11) is 1.38. The number of ether oxygens (including phenoxy) is 1. The first-order chi connectivity index (χ1) is 12.1. The first kappa shape index (κ1) is 18.0. The van der Waals surface area contributed by atoms with Crippen LogP contribution in [-0.4, -0.2) is 24.2 Å². The summed E-state index contributed by atoms with van der Waals surface area (Å²) in [6, 6.07) is 9.83. The van der Waals surface area contributed by atoms with E-state index in [0.717, 1.165) is 36.1 Å². The van der Waals surface area contributed by atoms with Crippen LogP contribution in [0.3, 0.4) is 0 Å². The van der Waals surface area contributed by atoms with Gasteiger partial charge in [0.15, 0.2) is 0 Å². The molecule has 1 aliphatic rings. The molecule has 1 heterocycles. The highest BCUT2D eigenvalue weighted by molar-refractivity contribution is 8.00. The van der Waals surface area contributed by atoms with Crippen LogP contribution in [0.4, 0.5) is 5.00 Å².